The van der Waals surface area contributed by atoms with Crippen molar-refractivity contribution in [2.75, 3.05) is 38.3 Å². The highest BCUT2D eigenvalue weighted by Crippen LogP contribution is 2.32. The van der Waals surface area contributed by atoms with Crippen molar-refractivity contribution in [1.29, 1.82) is 0 Å². The monoisotopic (exact) mass is 270 g/mol. The largest absolute Gasteiger partial charge is 0.378 e. The molecule has 0 saturated carbocycles. The second kappa shape index (κ2) is 5.91. The van der Waals surface area contributed by atoms with E-state index in [0.717, 1.165) is 11.3 Å². The Morgan fingerprint density at radius 3 is 2.44 bits per heavy atom. The summed E-state index contributed by atoms with van der Waals surface area (Å²) in [5.41, 5.74) is 6.96. The van der Waals surface area contributed by atoms with Crippen LogP contribution in [0.2, 0.25) is 0 Å². The van der Waals surface area contributed by atoms with Gasteiger partial charge < -0.3 is 15.4 Å². The SMILES string of the molecule is CN(CCOCCN)c1c(C(C)(C)C)c(=S)c1=O. The van der Waals surface area contributed by atoms with Gasteiger partial charge in [0.15, 0.2) is 0 Å². The maximum Gasteiger partial charge on any atom is 0.220 e. The molecule has 0 spiro atoms. The molecule has 0 bridgehead atoms. The second-order valence-corrected chi connectivity index (χ2v) is 5.86. The fraction of sp³-hybridized carbons (Fsp3) is 0.692. The molecule has 5 heteroatoms. The summed E-state index contributed by atoms with van der Waals surface area (Å²) in [6, 6.07) is 0. The Labute approximate surface area is 113 Å². The molecule has 0 aliphatic carbocycles. The van der Waals surface area contributed by atoms with Gasteiger partial charge in [-0.05, 0) is 5.41 Å². The lowest BCUT2D eigenvalue weighted by Gasteiger charge is -2.30. The highest BCUT2D eigenvalue weighted by molar-refractivity contribution is 7.71. The highest BCUT2D eigenvalue weighted by Gasteiger charge is 2.29. The molecular formula is C13H22N2O2S. The first-order chi connectivity index (χ1) is 8.30. The van der Waals surface area contributed by atoms with Crippen LogP contribution in [-0.2, 0) is 10.2 Å². The summed E-state index contributed by atoms with van der Waals surface area (Å²) in [6.07, 6.45) is 0. The third-order valence-electron chi connectivity index (χ3n) is 2.85. The van der Waals surface area contributed by atoms with Crippen molar-refractivity contribution in [2.24, 2.45) is 5.73 Å². The summed E-state index contributed by atoms with van der Waals surface area (Å²) < 4.78 is 5.80. The second-order valence-electron chi connectivity index (χ2n) is 5.45. The average Bonchev–Trinajstić information content (AvgIpc) is 2.28. The van der Waals surface area contributed by atoms with Gasteiger partial charge in [0.25, 0.3) is 0 Å². The third-order valence-corrected chi connectivity index (χ3v) is 3.24. The molecular weight excluding hydrogens is 248 g/mol. The molecule has 0 aromatic heterocycles. The van der Waals surface area contributed by atoms with Gasteiger partial charge in [-0.2, -0.15) is 0 Å². The molecule has 1 rings (SSSR count). The quantitative estimate of drug-likeness (QED) is 0.625. The highest BCUT2D eigenvalue weighted by atomic mass is 32.1. The Morgan fingerprint density at radius 2 is 1.94 bits per heavy atom. The maximum atomic E-state index is 11.8. The Balaban J connectivity index is 2.75. The molecule has 18 heavy (non-hydrogen) atoms. The average molecular weight is 270 g/mol. The molecule has 0 aliphatic heterocycles. The number of rotatable bonds is 6. The van der Waals surface area contributed by atoms with Crippen LogP contribution in [0.4, 0.5) is 5.69 Å². The summed E-state index contributed by atoms with van der Waals surface area (Å²) in [6.45, 7) is 8.51. The van der Waals surface area contributed by atoms with Gasteiger partial charge in [-0.3, -0.25) is 4.79 Å². The minimum absolute atomic E-state index is 0.0174. The molecule has 0 unspecified atom stereocenters. The lowest BCUT2D eigenvalue weighted by molar-refractivity contribution is 0.148. The lowest BCUT2D eigenvalue weighted by atomic mass is 9.82. The minimum Gasteiger partial charge on any atom is -0.378 e. The molecule has 4 nitrogen and oxygen atoms in total. The molecule has 2 N–H and O–H groups in total. The van der Waals surface area contributed by atoms with Crippen molar-refractivity contribution >= 4 is 17.9 Å². The standard InChI is InChI=1S/C13H22N2O2S/c1-13(2,3)9-10(11(16)12(9)18)15(4)6-8-17-7-5-14/h5-8,14H2,1-4H3. The fourth-order valence-corrected chi connectivity index (χ4v) is 2.44. The van der Waals surface area contributed by atoms with E-state index in [0.29, 0.717) is 30.8 Å². The Kier molecular flexibility index (Phi) is 5.01. The van der Waals surface area contributed by atoms with E-state index in [1.54, 1.807) is 0 Å². The van der Waals surface area contributed by atoms with Gasteiger partial charge in [-0.25, -0.2) is 0 Å². The van der Waals surface area contributed by atoms with Crippen LogP contribution in [0.5, 0.6) is 0 Å². The molecule has 0 aliphatic rings. The van der Waals surface area contributed by atoms with E-state index >= 15 is 0 Å². The summed E-state index contributed by atoms with van der Waals surface area (Å²) in [5, 5.41) is 0. The zero-order valence-corrected chi connectivity index (χ0v) is 12.4. The number of likely N-dealkylation sites (N-methyl/N-ethyl adjacent to an activating group) is 1. The first-order valence-electron chi connectivity index (χ1n) is 6.13. The summed E-state index contributed by atoms with van der Waals surface area (Å²) in [4.78, 5) is 13.8. The molecule has 102 valence electrons. The molecule has 0 atom stereocenters. The first kappa shape index (κ1) is 15.3. The molecule has 1 aromatic rings. The van der Waals surface area contributed by atoms with Gasteiger partial charge in [0, 0.05) is 25.7 Å². The van der Waals surface area contributed by atoms with Crippen LogP contribution in [0.15, 0.2) is 4.79 Å². The zero-order chi connectivity index (χ0) is 13.9. The van der Waals surface area contributed by atoms with E-state index in [1.165, 1.54) is 0 Å². The Bertz CT molecular complexity index is 470. The number of nitrogens with zero attached hydrogens (tertiary/aromatic N) is 1. The third kappa shape index (κ3) is 3.16. The predicted octanol–water partition coefficient (Wildman–Crippen LogP) is 1.36. The van der Waals surface area contributed by atoms with Crippen molar-refractivity contribution in [3.8, 4) is 0 Å². The maximum absolute atomic E-state index is 11.8. The van der Waals surface area contributed by atoms with Crippen LogP contribution >= 0.6 is 12.2 Å². The normalized spacial score (nSPS) is 12.1. The van der Waals surface area contributed by atoms with Crippen molar-refractivity contribution in [1.82, 2.24) is 0 Å². The zero-order valence-electron chi connectivity index (χ0n) is 11.6. The van der Waals surface area contributed by atoms with Gasteiger partial charge in [0.05, 0.1) is 23.4 Å². The predicted molar refractivity (Wildman–Crippen MR) is 77.8 cm³/mol. The molecule has 0 heterocycles. The van der Waals surface area contributed by atoms with Gasteiger partial charge in [-0.15, -0.1) is 0 Å². The fourth-order valence-electron chi connectivity index (χ4n) is 1.94. The van der Waals surface area contributed by atoms with E-state index in [-0.39, 0.29) is 10.8 Å². The van der Waals surface area contributed by atoms with Crippen molar-refractivity contribution < 1.29 is 4.74 Å². The first-order valence-corrected chi connectivity index (χ1v) is 6.54. The molecule has 1 aromatic carbocycles. The topological polar surface area (TPSA) is 55.6 Å². The van der Waals surface area contributed by atoms with Gasteiger partial charge in [0.1, 0.15) is 0 Å². The van der Waals surface area contributed by atoms with Crippen LogP contribution in [0.3, 0.4) is 0 Å². The van der Waals surface area contributed by atoms with Crippen LogP contribution in [0, 0.1) is 4.51 Å². The van der Waals surface area contributed by atoms with Crippen LogP contribution in [0.25, 0.3) is 0 Å². The minimum atomic E-state index is -0.0906. The van der Waals surface area contributed by atoms with Gasteiger partial charge >= 0.3 is 0 Å². The lowest BCUT2D eigenvalue weighted by Crippen LogP contribution is -2.36. The van der Waals surface area contributed by atoms with E-state index in [4.69, 9.17) is 22.7 Å². The summed E-state index contributed by atoms with van der Waals surface area (Å²) in [5.74, 6) is 0. The summed E-state index contributed by atoms with van der Waals surface area (Å²) >= 11 is 5.14. The number of anilines is 1. The summed E-state index contributed by atoms with van der Waals surface area (Å²) in [7, 11) is 1.90. The van der Waals surface area contributed by atoms with Gasteiger partial charge in [0.2, 0.25) is 5.43 Å². The van der Waals surface area contributed by atoms with Crippen molar-refractivity contribution in [3.05, 3.63) is 20.3 Å². The molecule has 0 fully saturated rings. The molecule has 0 saturated heterocycles. The van der Waals surface area contributed by atoms with E-state index in [1.807, 2.05) is 11.9 Å². The Hall–Kier alpha value is -0.780. The van der Waals surface area contributed by atoms with E-state index < -0.39 is 0 Å². The van der Waals surface area contributed by atoms with Crippen LogP contribution in [0.1, 0.15) is 26.3 Å². The van der Waals surface area contributed by atoms with Crippen molar-refractivity contribution in [2.45, 2.75) is 26.2 Å². The van der Waals surface area contributed by atoms with Crippen molar-refractivity contribution in [3.63, 3.8) is 0 Å². The number of ether oxygens (including phenoxy) is 1. The number of hydrogen-bond acceptors (Lipinski definition) is 5. The number of hydrogen-bond donors (Lipinski definition) is 1. The van der Waals surface area contributed by atoms with E-state index in [9.17, 15) is 4.79 Å². The molecule has 0 radical (unpaired) electrons. The Morgan fingerprint density at radius 1 is 1.33 bits per heavy atom. The van der Waals surface area contributed by atoms with E-state index in [2.05, 4.69) is 20.8 Å². The van der Waals surface area contributed by atoms with Crippen LogP contribution < -0.4 is 16.1 Å². The number of nitrogens with two attached hydrogens (primary N) is 1. The van der Waals surface area contributed by atoms with Crippen LogP contribution in [-0.4, -0.2) is 33.4 Å². The van der Waals surface area contributed by atoms with Gasteiger partial charge in [-0.1, -0.05) is 33.0 Å². The molecule has 0 amide bonds. The smallest absolute Gasteiger partial charge is 0.220 e.